The van der Waals surface area contributed by atoms with E-state index in [0.717, 1.165) is 46.4 Å². The first-order chi connectivity index (χ1) is 17.8. The molecule has 0 aliphatic heterocycles. The molecule has 1 unspecified atom stereocenters. The molecule has 37 heavy (non-hydrogen) atoms. The summed E-state index contributed by atoms with van der Waals surface area (Å²) in [5.41, 5.74) is 5.27. The van der Waals surface area contributed by atoms with Crippen molar-refractivity contribution in [1.29, 1.82) is 0 Å². The number of nitrogens with zero attached hydrogens (tertiary/aromatic N) is 2. The van der Waals surface area contributed by atoms with E-state index in [9.17, 15) is 14.4 Å². The minimum absolute atomic E-state index is 0.203. The van der Waals surface area contributed by atoms with E-state index < -0.39 is 5.97 Å². The number of hydrogen-bond acceptors (Lipinski definition) is 7. The summed E-state index contributed by atoms with van der Waals surface area (Å²) in [6, 6.07) is 6.11. The summed E-state index contributed by atoms with van der Waals surface area (Å²) in [6.45, 7) is 8.11. The lowest BCUT2D eigenvalue weighted by Crippen LogP contribution is -2.28. The average molecular weight is 536 g/mol. The monoisotopic (exact) mass is 535 g/mol. The van der Waals surface area contributed by atoms with Crippen molar-refractivity contribution in [3.8, 4) is 11.1 Å². The van der Waals surface area contributed by atoms with Gasteiger partial charge in [-0.25, -0.2) is 9.78 Å². The van der Waals surface area contributed by atoms with Gasteiger partial charge in [0, 0.05) is 15.8 Å². The van der Waals surface area contributed by atoms with Crippen molar-refractivity contribution in [3.63, 3.8) is 0 Å². The zero-order valence-electron chi connectivity index (χ0n) is 21.3. The highest BCUT2D eigenvalue weighted by Crippen LogP contribution is 2.40. The predicted molar refractivity (Wildman–Crippen MR) is 149 cm³/mol. The number of amides is 1. The fourth-order valence-corrected chi connectivity index (χ4v) is 7.10. The van der Waals surface area contributed by atoms with Crippen LogP contribution in [0.2, 0.25) is 0 Å². The molecule has 0 saturated heterocycles. The maximum absolute atomic E-state index is 13.5. The summed E-state index contributed by atoms with van der Waals surface area (Å²) < 4.78 is 6.63. The molecule has 0 fully saturated rings. The lowest BCUT2D eigenvalue weighted by molar-refractivity contribution is -0.116. The number of carbonyl (C=O) groups is 2. The molecule has 1 aromatic carbocycles. The molecule has 5 rings (SSSR count). The molecule has 3 heterocycles. The third-order valence-electron chi connectivity index (χ3n) is 6.94. The van der Waals surface area contributed by atoms with Gasteiger partial charge in [0.15, 0.2) is 0 Å². The third-order valence-corrected chi connectivity index (χ3v) is 8.99. The second-order valence-corrected chi connectivity index (χ2v) is 11.6. The molecule has 1 amide bonds. The summed E-state index contributed by atoms with van der Waals surface area (Å²) in [5.74, 6) is -0.275. The fourth-order valence-electron chi connectivity index (χ4n) is 4.78. The van der Waals surface area contributed by atoms with Gasteiger partial charge in [0.1, 0.15) is 16.4 Å². The molecule has 1 aliphatic rings. The number of esters is 1. The average Bonchev–Trinajstić information content (AvgIpc) is 3.44. The van der Waals surface area contributed by atoms with Crippen LogP contribution in [0.3, 0.4) is 0 Å². The Bertz CT molecular complexity index is 1580. The van der Waals surface area contributed by atoms with Crippen molar-refractivity contribution in [1.82, 2.24) is 9.55 Å². The molecule has 7 nitrogen and oxygen atoms in total. The third kappa shape index (κ3) is 4.85. The van der Waals surface area contributed by atoms with E-state index in [4.69, 9.17) is 4.74 Å². The summed E-state index contributed by atoms with van der Waals surface area (Å²) in [4.78, 5) is 45.6. The van der Waals surface area contributed by atoms with Crippen LogP contribution >= 0.6 is 22.7 Å². The van der Waals surface area contributed by atoms with Crippen LogP contribution < -0.4 is 10.9 Å². The normalized spacial score (nSPS) is 15.0. The lowest BCUT2D eigenvalue weighted by atomic mass is 9.88. The molecule has 0 bridgehead atoms. The highest BCUT2D eigenvalue weighted by Gasteiger charge is 2.29. The van der Waals surface area contributed by atoms with E-state index in [-0.39, 0.29) is 24.6 Å². The number of fused-ring (bicyclic) bond motifs is 2. The molecule has 4 aromatic rings. The Morgan fingerprint density at radius 1 is 1.24 bits per heavy atom. The van der Waals surface area contributed by atoms with Gasteiger partial charge in [-0.2, -0.15) is 0 Å². The maximum atomic E-state index is 13.5. The molecule has 1 N–H and O–H groups in total. The van der Waals surface area contributed by atoms with E-state index >= 15 is 0 Å². The Kier molecular flexibility index (Phi) is 7.00. The molecule has 192 valence electrons. The SMILES string of the molecule is CCOC(=O)c1c(NC(=O)Cn2cnc3scc(-c4ccc(C)c(C)c4)c3c2=O)sc2c1CCC(C)C2. The Morgan fingerprint density at radius 2 is 2.05 bits per heavy atom. The van der Waals surface area contributed by atoms with Gasteiger partial charge in [-0.15, -0.1) is 22.7 Å². The Hall–Kier alpha value is -3.30. The summed E-state index contributed by atoms with van der Waals surface area (Å²) >= 11 is 2.85. The molecule has 9 heteroatoms. The van der Waals surface area contributed by atoms with Crippen LogP contribution in [0.25, 0.3) is 21.3 Å². The summed E-state index contributed by atoms with van der Waals surface area (Å²) in [6.07, 6.45) is 4.07. The van der Waals surface area contributed by atoms with Crippen LogP contribution in [-0.2, 0) is 28.9 Å². The number of hydrogen-bond donors (Lipinski definition) is 1. The number of carbonyl (C=O) groups excluding carboxylic acids is 2. The second-order valence-electron chi connectivity index (χ2n) is 9.63. The predicted octanol–water partition coefficient (Wildman–Crippen LogP) is 5.74. The van der Waals surface area contributed by atoms with Gasteiger partial charge in [0.2, 0.25) is 5.91 Å². The van der Waals surface area contributed by atoms with E-state index in [1.807, 2.05) is 24.4 Å². The molecule has 3 aromatic heterocycles. The van der Waals surface area contributed by atoms with Gasteiger partial charge in [0.05, 0.1) is 23.9 Å². The smallest absolute Gasteiger partial charge is 0.341 e. The van der Waals surface area contributed by atoms with Crippen LogP contribution in [-0.4, -0.2) is 28.0 Å². The van der Waals surface area contributed by atoms with Crippen LogP contribution in [0.5, 0.6) is 0 Å². The first kappa shape index (κ1) is 25.4. The Balaban J connectivity index is 1.45. The maximum Gasteiger partial charge on any atom is 0.341 e. The first-order valence-corrected chi connectivity index (χ1v) is 14.1. The highest BCUT2D eigenvalue weighted by molar-refractivity contribution is 7.17. The van der Waals surface area contributed by atoms with E-state index in [1.54, 1.807) is 6.92 Å². The van der Waals surface area contributed by atoms with Crippen LogP contribution in [0.15, 0.2) is 34.7 Å². The number of ether oxygens (including phenoxy) is 1. The number of aromatic nitrogens is 2. The van der Waals surface area contributed by atoms with Crippen LogP contribution in [0, 0.1) is 19.8 Å². The molecular formula is C28H29N3O4S2. The summed E-state index contributed by atoms with van der Waals surface area (Å²) in [5, 5.41) is 5.84. The quantitative estimate of drug-likeness (QED) is 0.318. The van der Waals surface area contributed by atoms with Gasteiger partial charge in [-0.3, -0.25) is 14.2 Å². The number of benzene rings is 1. The number of nitrogens with one attached hydrogen (secondary N) is 1. The first-order valence-electron chi connectivity index (χ1n) is 12.4. The van der Waals surface area contributed by atoms with Crippen molar-refractivity contribution in [3.05, 3.63) is 67.4 Å². The van der Waals surface area contributed by atoms with Crippen LogP contribution in [0.4, 0.5) is 5.00 Å². The van der Waals surface area contributed by atoms with Gasteiger partial charge in [-0.05, 0) is 68.2 Å². The molecular weight excluding hydrogens is 506 g/mol. The standard InChI is InChI=1S/C28H29N3O4S2/c1-5-35-28(34)24-19-9-6-15(2)10-21(19)37-26(24)30-22(32)12-31-14-29-25-23(27(31)33)20(13-36-25)18-8-7-16(3)17(4)11-18/h7-8,11,13-15H,5-6,9-10,12H2,1-4H3,(H,30,32). The summed E-state index contributed by atoms with van der Waals surface area (Å²) in [7, 11) is 0. The topological polar surface area (TPSA) is 90.3 Å². The molecule has 0 spiro atoms. The fraction of sp³-hybridized carbons (Fsp3) is 0.357. The van der Waals surface area contributed by atoms with Gasteiger partial charge < -0.3 is 10.1 Å². The van der Waals surface area contributed by atoms with Gasteiger partial charge in [-0.1, -0.05) is 25.1 Å². The van der Waals surface area contributed by atoms with Crippen molar-refractivity contribution in [2.45, 2.75) is 53.5 Å². The Labute approximate surface area is 223 Å². The van der Waals surface area contributed by atoms with Crippen molar-refractivity contribution in [2.24, 2.45) is 5.92 Å². The number of aryl methyl sites for hydroxylation is 2. The van der Waals surface area contributed by atoms with E-state index in [2.05, 4.69) is 30.2 Å². The Morgan fingerprint density at radius 3 is 2.81 bits per heavy atom. The lowest BCUT2D eigenvalue weighted by Gasteiger charge is -2.18. The highest BCUT2D eigenvalue weighted by atomic mass is 32.1. The van der Waals surface area contributed by atoms with E-state index in [0.29, 0.717) is 26.7 Å². The van der Waals surface area contributed by atoms with Gasteiger partial charge >= 0.3 is 5.97 Å². The number of anilines is 1. The zero-order valence-corrected chi connectivity index (χ0v) is 23.0. The van der Waals surface area contributed by atoms with Crippen molar-refractivity contribution < 1.29 is 14.3 Å². The largest absolute Gasteiger partial charge is 0.462 e. The minimum atomic E-state index is -0.415. The number of rotatable bonds is 6. The van der Waals surface area contributed by atoms with Crippen LogP contribution in [0.1, 0.15) is 52.2 Å². The van der Waals surface area contributed by atoms with E-state index in [1.165, 1.54) is 39.1 Å². The number of thiophene rings is 2. The molecule has 1 aliphatic carbocycles. The minimum Gasteiger partial charge on any atom is -0.462 e. The van der Waals surface area contributed by atoms with Crippen molar-refractivity contribution in [2.75, 3.05) is 11.9 Å². The second kappa shape index (κ2) is 10.2. The molecule has 0 radical (unpaired) electrons. The molecule has 1 atom stereocenters. The zero-order chi connectivity index (χ0) is 26.3. The molecule has 0 saturated carbocycles. The van der Waals surface area contributed by atoms with Gasteiger partial charge in [0.25, 0.3) is 5.56 Å². The van der Waals surface area contributed by atoms with Crippen molar-refractivity contribution >= 4 is 49.8 Å².